The lowest BCUT2D eigenvalue weighted by Crippen LogP contribution is -2.51. The van der Waals surface area contributed by atoms with Gasteiger partial charge in [0.05, 0.1) is 19.5 Å². The molecule has 3 aliphatic rings. The summed E-state index contributed by atoms with van der Waals surface area (Å²) in [7, 11) is -1.63. The molecular weight excluding hydrogens is 414 g/mol. The molecule has 1 aromatic carbocycles. The maximum Gasteiger partial charge on any atom is 0.254 e. The van der Waals surface area contributed by atoms with Crippen LogP contribution in [0.25, 0.3) is 17.2 Å². The van der Waals surface area contributed by atoms with Crippen molar-refractivity contribution in [2.24, 2.45) is 12.5 Å². The first-order valence-electron chi connectivity index (χ1n) is 10.6. The first-order chi connectivity index (χ1) is 14.7. The lowest BCUT2D eigenvalue weighted by molar-refractivity contribution is -0.124. The second kappa shape index (κ2) is 7.24. The van der Waals surface area contributed by atoms with Crippen molar-refractivity contribution in [3.8, 4) is 11.1 Å². The summed E-state index contributed by atoms with van der Waals surface area (Å²) in [5.41, 5.74) is 5.54. The summed E-state index contributed by atoms with van der Waals surface area (Å²) < 4.78 is 33.4. The summed E-state index contributed by atoms with van der Waals surface area (Å²) in [6.45, 7) is 3.56. The highest BCUT2D eigenvalue weighted by atomic mass is 32.2. The number of nitrogens with one attached hydrogen (secondary N) is 1. The van der Waals surface area contributed by atoms with Crippen LogP contribution in [0.4, 0.5) is 11.4 Å². The van der Waals surface area contributed by atoms with Crippen LogP contribution in [0.1, 0.15) is 24.0 Å². The van der Waals surface area contributed by atoms with Crippen molar-refractivity contribution < 1.29 is 13.2 Å². The average Bonchev–Trinajstić information content (AvgIpc) is 3.19. The Balaban J connectivity index is 1.61. The van der Waals surface area contributed by atoms with Crippen LogP contribution < -0.4 is 15.2 Å². The number of hydrogen-bond donors (Lipinski definition) is 1. The molecule has 2 fully saturated rings. The smallest absolute Gasteiger partial charge is 0.254 e. The fourth-order valence-electron chi connectivity index (χ4n) is 4.92. The lowest BCUT2D eigenvalue weighted by atomic mass is 9.76. The molecule has 0 atom stereocenters. The highest BCUT2D eigenvalue weighted by molar-refractivity contribution is 7.92. The van der Waals surface area contributed by atoms with Crippen LogP contribution in [-0.4, -0.2) is 45.5 Å². The molecule has 2 aromatic rings. The molecule has 1 aliphatic carbocycles. The lowest BCUT2D eigenvalue weighted by Gasteiger charge is -2.48. The van der Waals surface area contributed by atoms with Gasteiger partial charge in [0.15, 0.2) is 0 Å². The molecule has 31 heavy (non-hydrogen) atoms. The number of allylic oxidation sites excluding steroid dienone is 1. The van der Waals surface area contributed by atoms with Crippen LogP contribution in [0.2, 0.25) is 0 Å². The molecule has 1 spiro atoms. The van der Waals surface area contributed by atoms with E-state index in [1.165, 1.54) is 0 Å². The van der Waals surface area contributed by atoms with Gasteiger partial charge in [0.2, 0.25) is 10.0 Å². The minimum atomic E-state index is -3.40. The van der Waals surface area contributed by atoms with Gasteiger partial charge in [-0.15, -0.1) is 0 Å². The molecule has 7 nitrogen and oxygen atoms in total. The van der Waals surface area contributed by atoms with E-state index in [2.05, 4.69) is 9.62 Å². The minimum Gasteiger partial charge on any atom is -0.380 e. The summed E-state index contributed by atoms with van der Waals surface area (Å²) in [5, 5.41) is 0. The summed E-state index contributed by atoms with van der Waals surface area (Å²) in [6, 6.07) is 5.70. The number of fused-ring (bicyclic) bond motifs is 1. The van der Waals surface area contributed by atoms with E-state index in [-0.39, 0.29) is 5.56 Å². The molecule has 1 aromatic heterocycles. The van der Waals surface area contributed by atoms with Crippen molar-refractivity contribution >= 4 is 27.5 Å². The van der Waals surface area contributed by atoms with Crippen molar-refractivity contribution in [1.82, 2.24) is 4.57 Å². The van der Waals surface area contributed by atoms with E-state index >= 15 is 0 Å². The highest BCUT2D eigenvalue weighted by Gasteiger charge is 2.41. The fraction of sp³-hybridized carbons (Fsp3) is 0.435. The molecule has 0 bridgehead atoms. The number of piperidine rings is 1. The van der Waals surface area contributed by atoms with E-state index in [4.69, 9.17) is 4.74 Å². The Morgan fingerprint density at radius 2 is 1.87 bits per heavy atom. The Labute approximate surface area is 182 Å². The molecule has 0 amide bonds. The van der Waals surface area contributed by atoms with Crippen LogP contribution in [-0.2, 0) is 28.2 Å². The Kier molecular flexibility index (Phi) is 4.75. The van der Waals surface area contributed by atoms with E-state index in [0.717, 1.165) is 73.3 Å². The second-order valence-electron chi connectivity index (χ2n) is 9.04. The summed E-state index contributed by atoms with van der Waals surface area (Å²) in [5.74, 6) is 0. The summed E-state index contributed by atoms with van der Waals surface area (Å²) in [4.78, 5) is 15.0. The number of sulfonamides is 1. The fourth-order valence-corrected chi connectivity index (χ4v) is 5.47. The van der Waals surface area contributed by atoms with Crippen LogP contribution in [0, 0.1) is 5.41 Å². The van der Waals surface area contributed by atoms with E-state index in [1.54, 1.807) is 11.6 Å². The van der Waals surface area contributed by atoms with Crippen molar-refractivity contribution in [2.45, 2.75) is 19.3 Å². The molecule has 8 heteroatoms. The van der Waals surface area contributed by atoms with Crippen molar-refractivity contribution in [1.29, 1.82) is 0 Å². The van der Waals surface area contributed by atoms with E-state index in [9.17, 15) is 13.2 Å². The van der Waals surface area contributed by atoms with Gasteiger partial charge >= 0.3 is 0 Å². The minimum absolute atomic E-state index is 0.0145. The molecule has 164 valence electrons. The second-order valence-corrected chi connectivity index (χ2v) is 10.8. The van der Waals surface area contributed by atoms with Crippen molar-refractivity contribution in [3.05, 3.63) is 52.0 Å². The van der Waals surface area contributed by atoms with E-state index < -0.39 is 10.0 Å². The summed E-state index contributed by atoms with van der Waals surface area (Å²) in [6.07, 6.45) is 9.82. The number of rotatable bonds is 4. The molecule has 1 N–H and O–H groups in total. The van der Waals surface area contributed by atoms with Gasteiger partial charge in [-0.3, -0.25) is 9.52 Å². The first-order valence-corrected chi connectivity index (χ1v) is 12.5. The quantitative estimate of drug-likeness (QED) is 0.789. The van der Waals surface area contributed by atoms with Crippen molar-refractivity contribution in [3.63, 3.8) is 0 Å². The number of benzene rings is 1. The zero-order valence-electron chi connectivity index (χ0n) is 17.8. The molecule has 0 radical (unpaired) electrons. The molecule has 3 heterocycles. The normalized spacial score (nSPS) is 19.4. The van der Waals surface area contributed by atoms with Crippen molar-refractivity contribution in [2.75, 3.05) is 42.2 Å². The maximum absolute atomic E-state index is 12.6. The van der Waals surface area contributed by atoms with Crippen LogP contribution in [0.5, 0.6) is 0 Å². The maximum atomic E-state index is 12.6. The number of hydrogen-bond acceptors (Lipinski definition) is 5. The first kappa shape index (κ1) is 20.3. The Hall–Kier alpha value is -2.58. The third kappa shape index (κ3) is 3.68. The Morgan fingerprint density at radius 3 is 2.52 bits per heavy atom. The Morgan fingerprint density at radius 1 is 1.13 bits per heavy atom. The average molecular weight is 442 g/mol. The van der Waals surface area contributed by atoms with Crippen LogP contribution >= 0.6 is 0 Å². The van der Waals surface area contributed by atoms with Gasteiger partial charge in [0.1, 0.15) is 0 Å². The van der Waals surface area contributed by atoms with Crippen LogP contribution in [0.3, 0.4) is 0 Å². The number of aromatic nitrogens is 1. The number of anilines is 2. The van der Waals surface area contributed by atoms with Gasteiger partial charge in [-0.25, -0.2) is 8.42 Å². The highest BCUT2D eigenvalue weighted by Crippen LogP contribution is 2.43. The zero-order chi connectivity index (χ0) is 21.8. The van der Waals surface area contributed by atoms with Gasteiger partial charge in [-0.05, 0) is 43.0 Å². The zero-order valence-corrected chi connectivity index (χ0v) is 18.7. The molecule has 2 saturated heterocycles. The monoisotopic (exact) mass is 441 g/mol. The van der Waals surface area contributed by atoms with Crippen LogP contribution in [0.15, 0.2) is 35.3 Å². The van der Waals surface area contributed by atoms with Gasteiger partial charge in [0, 0.05) is 59.8 Å². The topological polar surface area (TPSA) is 80.6 Å². The SMILES string of the molecule is Cn1cc(-c2cc(NS(C)(=O)=O)ccc2N2CCC3(CC2)COC3)c2c(c1=O)CC=C2. The van der Waals surface area contributed by atoms with E-state index in [1.807, 2.05) is 36.5 Å². The van der Waals surface area contributed by atoms with Gasteiger partial charge in [-0.1, -0.05) is 12.2 Å². The standard InChI is InChI=1S/C23H27N3O4S/c1-25-13-20(17-4-3-5-18(17)22(25)27)19-12-16(24-31(2,28)29)6-7-21(19)26-10-8-23(9-11-26)14-30-15-23/h3-4,6-7,12-13,24H,5,8-11,14-15H2,1-2H3. The summed E-state index contributed by atoms with van der Waals surface area (Å²) >= 11 is 0. The predicted octanol–water partition coefficient (Wildman–Crippen LogP) is 2.61. The Bertz CT molecular complexity index is 1230. The predicted molar refractivity (Wildman–Crippen MR) is 123 cm³/mol. The molecule has 0 unspecified atom stereocenters. The molecule has 0 saturated carbocycles. The number of nitrogens with zero attached hydrogens (tertiary/aromatic N) is 2. The largest absolute Gasteiger partial charge is 0.380 e. The van der Waals surface area contributed by atoms with Gasteiger partial charge in [0.25, 0.3) is 5.56 Å². The number of aryl methyl sites for hydroxylation is 1. The third-order valence-electron chi connectivity index (χ3n) is 6.69. The molecular formula is C23H27N3O4S. The van der Waals surface area contributed by atoms with Gasteiger partial charge in [-0.2, -0.15) is 0 Å². The number of pyridine rings is 1. The van der Waals surface area contributed by atoms with Gasteiger partial charge < -0.3 is 14.2 Å². The molecule has 2 aliphatic heterocycles. The number of ether oxygens (including phenoxy) is 1. The van der Waals surface area contributed by atoms with E-state index in [0.29, 0.717) is 17.5 Å². The molecule has 5 rings (SSSR count). The third-order valence-corrected chi connectivity index (χ3v) is 7.30.